The number of hydrogen-bond donors (Lipinski definition) is 2. The van der Waals surface area contributed by atoms with Gasteiger partial charge in [-0.2, -0.15) is 18.3 Å². The first-order chi connectivity index (χ1) is 13.8. The van der Waals surface area contributed by atoms with Crippen LogP contribution in [0.4, 0.5) is 29.1 Å². The smallest absolute Gasteiger partial charge is 0.336 e. The third-order valence-electron chi connectivity index (χ3n) is 5.11. The van der Waals surface area contributed by atoms with Crippen molar-refractivity contribution in [3.8, 4) is 0 Å². The van der Waals surface area contributed by atoms with Crippen LogP contribution in [0.2, 0.25) is 0 Å². The molecule has 1 aromatic carbocycles. The highest BCUT2D eigenvalue weighted by atomic mass is 19.4. The van der Waals surface area contributed by atoms with Gasteiger partial charge in [-0.3, -0.25) is 4.90 Å². The van der Waals surface area contributed by atoms with Gasteiger partial charge in [-0.25, -0.2) is 13.9 Å². The summed E-state index contributed by atoms with van der Waals surface area (Å²) in [5.74, 6) is -0.556. The Kier molecular flexibility index (Phi) is 5.13. The summed E-state index contributed by atoms with van der Waals surface area (Å²) in [7, 11) is 0. The molecule has 0 spiro atoms. The first-order valence-corrected chi connectivity index (χ1v) is 9.24. The molecule has 0 saturated carbocycles. The quantitative estimate of drug-likeness (QED) is 0.646. The molecule has 6 nitrogen and oxygen atoms in total. The van der Waals surface area contributed by atoms with E-state index < -0.39 is 17.6 Å². The van der Waals surface area contributed by atoms with Crippen LogP contribution in [0.1, 0.15) is 24.0 Å². The van der Waals surface area contributed by atoms with Crippen molar-refractivity contribution in [1.29, 1.82) is 0 Å². The van der Waals surface area contributed by atoms with E-state index in [1.165, 1.54) is 6.33 Å². The SMILES string of the molecule is NC1CCN(Cc2ccn3ncnc(Nc4cc(C(F)(F)F)ccc4F)c23)CC1. The molecule has 2 aromatic heterocycles. The lowest BCUT2D eigenvalue weighted by Gasteiger charge is -2.29. The minimum Gasteiger partial charge on any atom is -0.336 e. The van der Waals surface area contributed by atoms with Crippen LogP contribution in [0, 0.1) is 5.82 Å². The molecule has 0 aliphatic carbocycles. The van der Waals surface area contributed by atoms with Crippen LogP contribution >= 0.6 is 0 Å². The number of alkyl halides is 3. The number of hydrogen-bond acceptors (Lipinski definition) is 5. The monoisotopic (exact) mass is 408 g/mol. The summed E-state index contributed by atoms with van der Waals surface area (Å²) in [4.78, 5) is 6.39. The molecule has 1 saturated heterocycles. The molecule has 0 radical (unpaired) electrons. The molecule has 0 bridgehead atoms. The molecule has 4 rings (SSSR count). The molecule has 3 N–H and O–H groups in total. The van der Waals surface area contributed by atoms with Gasteiger partial charge in [-0.15, -0.1) is 0 Å². The summed E-state index contributed by atoms with van der Waals surface area (Å²) in [6.07, 6.45) is 0.256. The van der Waals surface area contributed by atoms with Crippen LogP contribution in [0.25, 0.3) is 5.52 Å². The minimum atomic E-state index is -4.57. The molecule has 3 aromatic rings. The molecular weight excluding hydrogens is 388 g/mol. The average molecular weight is 408 g/mol. The highest BCUT2D eigenvalue weighted by molar-refractivity contribution is 5.76. The molecule has 29 heavy (non-hydrogen) atoms. The standard InChI is InChI=1S/C19H20F4N6/c20-15-2-1-13(19(21,22)23)9-16(15)27-18-17-12(3-8-29(17)26-11-25-18)10-28-6-4-14(24)5-7-28/h1-3,8-9,11,14H,4-7,10,24H2,(H,25,26,27). The van der Waals surface area contributed by atoms with E-state index in [9.17, 15) is 17.6 Å². The Morgan fingerprint density at radius 3 is 2.66 bits per heavy atom. The number of nitrogens with two attached hydrogens (primary N) is 1. The molecule has 1 fully saturated rings. The number of rotatable bonds is 4. The first kappa shape index (κ1) is 19.6. The van der Waals surface area contributed by atoms with E-state index in [4.69, 9.17) is 5.73 Å². The average Bonchev–Trinajstić information content (AvgIpc) is 3.08. The van der Waals surface area contributed by atoms with Crippen molar-refractivity contribution < 1.29 is 17.6 Å². The molecule has 1 aliphatic rings. The van der Waals surface area contributed by atoms with E-state index in [1.54, 1.807) is 10.7 Å². The Morgan fingerprint density at radius 2 is 1.93 bits per heavy atom. The molecular formula is C19H20F4N6. The molecule has 154 valence electrons. The molecule has 3 heterocycles. The second kappa shape index (κ2) is 7.60. The summed E-state index contributed by atoms with van der Waals surface area (Å²) in [5.41, 5.74) is 6.21. The fourth-order valence-electron chi connectivity index (χ4n) is 3.51. The number of fused-ring (bicyclic) bond motifs is 1. The predicted octanol–water partition coefficient (Wildman–Crippen LogP) is 3.55. The van der Waals surface area contributed by atoms with Crippen molar-refractivity contribution in [3.05, 3.63) is 53.7 Å². The third kappa shape index (κ3) is 4.18. The lowest BCUT2D eigenvalue weighted by atomic mass is 10.1. The Labute approximate surface area is 164 Å². The van der Waals surface area contributed by atoms with Crippen LogP contribution in [-0.2, 0) is 12.7 Å². The third-order valence-corrected chi connectivity index (χ3v) is 5.11. The molecule has 10 heteroatoms. The van der Waals surface area contributed by atoms with Gasteiger partial charge >= 0.3 is 6.18 Å². The van der Waals surface area contributed by atoms with Gasteiger partial charge in [0.15, 0.2) is 5.82 Å². The largest absolute Gasteiger partial charge is 0.416 e. The van der Waals surface area contributed by atoms with Crippen LogP contribution in [0.15, 0.2) is 36.8 Å². The predicted molar refractivity (Wildman–Crippen MR) is 100 cm³/mol. The maximum absolute atomic E-state index is 14.2. The van der Waals surface area contributed by atoms with Gasteiger partial charge in [0.1, 0.15) is 17.7 Å². The van der Waals surface area contributed by atoms with Crippen molar-refractivity contribution in [2.24, 2.45) is 5.73 Å². The highest BCUT2D eigenvalue weighted by Gasteiger charge is 2.31. The van der Waals surface area contributed by atoms with Gasteiger partial charge in [0.2, 0.25) is 0 Å². The summed E-state index contributed by atoms with van der Waals surface area (Å²) < 4.78 is 54.8. The molecule has 0 atom stereocenters. The summed E-state index contributed by atoms with van der Waals surface area (Å²) >= 11 is 0. The maximum Gasteiger partial charge on any atom is 0.416 e. The van der Waals surface area contributed by atoms with Crippen molar-refractivity contribution >= 4 is 17.0 Å². The number of likely N-dealkylation sites (tertiary alicyclic amines) is 1. The van der Waals surface area contributed by atoms with E-state index >= 15 is 0 Å². The number of benzene rings is 1. The Bertz CT molecular complexity index is 1010. The fourth-order valence-corrected chi connectivity index (χ4v) is 3.51. The number of anilines is 2. The zero-order valence-electron chi connectivity index (χ0n) is 15.5. The van der Waals surface area contributed by atoms with Gasteiger partial charge in [0, 0.05) is 18.8 Å². The Hall–Kier alpha value is -2.72. The lowest BCUT2D eigenvalue weighted by molar-refractivity contribution is -0.137. The zero-order valence-corrected chi connectivity index (χ0v) is 15.5. The van der Waals surface area contributed by atoms with Crippen LogP contribution in [0.3, 0.4) is 0 Å². The Morgan fingerprint density at radius 1 is 1.17 bits per heavy atom. The van der Waals surface area contributed by atoms with E-state index in [-0.39, 0.29) is 17.5 Å². The minimum absolute atomic E-state index is 0.210. The van der Waals surface area contributed by atoms with E-state index in [1.807, 2.05) is 6.07 Å². The normalized spacial score (nSPS) is 16.4. The number of piperidine rings is 1. The number of aromatic nitrogens is 3. The fraction of sp³-hybridized carbons (Fsp3) is 0.368. The van der Waals surface area contributed by atoms with Gasteiger partial charge in [0.25, 0.3) is 0 Å². The number of nitrogens with zero attached hydrogens (tertiary/aromatic N) is 4. The van der Waals surface area contributed by atoms with Crippen molar-refractivity contribution in [2.75, 3.05) is 18.4 Å². The van der Waals surface area contributed by atoms with Gasteiger partial charge in [0.05, 0.1) is 11.3 Å². The second-order valence-electron chi connectivity index (χ2n) is 7.17. The van der Waals surface area contributed by atoms with E-state index in [0.717, 1.165) is 43.6 Å². The van der Waals surface area contributed by atoms with Crippen LogP contribution in [-0.4, -0.2) is 38.6 Å². The summed E-state index contributed by atoms with van der Waals surface area (Å²) in [6.45, 7) is 2.34. The van der Waals surface area contributed by atoms with E-state index in [2.05, 4.69) is 20.3 Å². The van der Waals surface area contributed by atoms with Crippen molar-refractivity contribution in [2.45, 2.75) is 31.6 Å². The Balaban J connectivity index is 1.66. The van der Waals surface area contributed by atoms with Crippen LogP contribution < -0.4 is 11.1 Å². The van der Waals surface area contributed by atoms with Crippen molar-refractivity contribution in [1.82, 2.24) is 19.5 Å². The van der Waals surface area contributed by atoms with E-state index in [0.29, 0.717) is 18.1 Å². The first-order valence-electron chi connectivity index (χ1n) is 9.24. The maximum atomic E-state index is 14.2. The number of nitrogens with one attached hydrogen (secondary N) is 1. The van der Waals surface area contributed by atoms with Gasteiger partial charge in [-0.1, -0.05) is 0 Å². The second-order valence-corrected chi connectivity index (χ2v) is 7.17. The number of halogens is 4. The van der Waals surface area contributed by atoms with Crippen LogP contribution in [0.5, 0.6) is 0 Å². The molecule has 1 aliphatic heterocycles. The highest BCUT2D eigenvalue weighted by Crippen LogP contribution is 2.33. The van der Waals surface area contributed by atoms with Gasteiger partial charge in [-0.05, 0) is 55.8 Å². The molecule has 0 amide bonds. The molecule has 0 unspecified atom stereocenters. The van der Waals surface area contributed by atoms with Gasteiger partial charge < -0.3 is 11.1 Å². The summed E-state index contributed by atoms with van der Waals surface area (Å²) in [5, 5.41) is 6.85. The lowest BCUT2D eigenvalue weighted by Crippen LogP contribution is -2.39. The summed E-state index contributed by atoms with van der Waals surface area (Å²) in [6, 6.07) is 4.33. The van der Waals surface area contributed by atoms with Crippen molar-refractivity contribution in [3.63, 3.8) is 0 Å². The zero-order chi connectivity index (χ0) is 20.6. The topological polar surface area (TPSA) is 71.5 Å².